The lowest BCUT2D eigenvalue weighted by molar-refractivity contribution is -0.0384. The lowest BCUT2D eigenvalue weighted by atomic mass is 9.91. The SMILES string of the molecule is CC(C)NC(C)(C)CC(C)(O)NC(C)(C)CO. The van der Waals surface area contributed by atoms with Gasteiger partial charge in [-0.3, -0.25) is 5.32 Å². The van der Waals surface area contributed by atoms with E-state index in [1.165, 1.54) is 0 Å². The van der Waals surface area contributed by atoms with Crippen LogP contribution in [0.5, 0.6) is 0 Å². The monoisotopic (exact) mass is 246 g/mol. The van der Waals surface area contributed by atoms with E-state index in [-0.39, 0.29) is 12.1 Å². The van der Waals surface area contributed by atoms with E-state index in [4.69, 9.17) is 0 Å². The van der Waals surface area contributed by atoms with Crippen molar-refractivity contribution in [1.82, 2.24) is 10.6 Å². The van der Waals surface area contributed by atoms with Crippen molar-refractivity contribution in [3.8, 4) is 0 Å². The van der Waals surface area contributed by atoms with Crippen molar-refractivity contribution >= 4 is 0 Å². The Balaban J connectivity index is 4.53. The van der Waals surface area contributed by atoms with Crippen LogP contribution in [0, 0.1) is 0 Å². The largest absolute Gasteiger partial charge is 0.394 e. The van der Waals surface area contributed by atoms with Crippen molar-refractivity contribution in [2.24, 2.45) is 0 Å². The fraction of sp³-hybridized carbons (Fsp3) is 1.00. The van der Waals surface area contributed by atoms with Crippen LogP contribution in [0.3, 0.4) is 0 Å². The van der Waals surface area contributed by atoms with Crippen LogP contribution in [-0.2, 0) is 0 Å². The first kappa shape index (κ1) is 16.8. The summed E-state index contributed by atoms with van der Waals surface area (Å²) in [4.78, 5) is 0. The highest BCUT2D eigenvalue weighted by Gasteiger charge is 2.34. The van der Waals surface area contributed by atoms with Gasteiger partial charge in [-0.05, 0) is 34.6 Å². The molecule has 0 radical (unpaired) electrons. The smallest absolute Gasteiger partial charge is 0.115 e. The van der Waals surface area contributed by atoms with Crippen molar-refractivity contribution in [2.45, 2.75) is 77.7 Å². The van der Waals surface area contributed by atoms with E-state index in [0.29, 0.717) is 12.5 Å². The molecule has 0 aliphatic carbocycles. The topological polar surface area (TPSA) is 64.5 Å². The predicted molar refractivity (Wildman–Crippen MR) is 71.9 cm³/mol. The highest BCUT2D eigenvalue weighted by atomic mass is 16.3. The Morgan fingerprint density at radius 3 is 1.82 bits per heavy atom. The van der Waals surface area contributed by atoms with Crippen LogP contribution < -0.4 is 10.6 Å². The summed E-state index contributed by atoms with van der Waals surface area (Å²) < 4.78 is 0. The average Bonchev–Trinajstić information content (AvgIpc) is 1.96. The molecular formula is C13H30N2O2. The van der Waals surface area contributed by atoms with E-state index < -0.39 is 11.3 Å². The fourth-order valence-electron chi connectivity index (χ4n) is 2.51. The molecule has 0 fully saturated rings. The Labute approximate surface area is 106 Å². The number of rotatable bonds is 7. The first-order valence-corrected chi connectivity index (χ1v) is 6.29. The molecule has 4 N–H and O–H groups in total. The minimum absolute atomic E-state index is 0.0127. The fourth-order valence-corrected chi connectivity index (χ4v) is 2.51. The van der Waals surface area contributed by atoms with Gasteiger partial charge in [-0.15, -0.1) is 0 Å². The van der Waals surface area contributed by atoms with E-state index in [0.717, 1.165) is 0 Å². The van der Waals surface area contributed by atoms with Gasteiger partial charge in [-0.1, -0.05) is 13.8 Å². The molecule has 1 atom stereocenters. The molecule has 0 bridgehead atoms. The quantitative estimate of drug-likeness (QED) is 0.510. The Morgan fingerprint density at radius 2 is 1.47 bits per heavy atom. The van der Waals surface area contributed by atoms with Crippen molar-refractivity contribution in [2.75, 3.05) is 6.61 Å². The molecule has 0 spiro atoms. The van der Waals surface area contributed by atoms with Crippen molar-refractivity contribution in [3.05, 3.63) is 0 Å². The molecule has 0 rings (SSSR count). The van der Waals surface area contributed by atoms with Gasteiger partial charge in [0.05, 0.1) is 6.61 Å². The Kier molecular flexibility index (Phi) is 5.60. The van der Waals surface area contributed by atoms with Crippen LogP contribution in [0.15, 0.2) is 0 Å². The molecule has 0 heterocycles. The van der Waals surface area contributed by atoms with E-state index in [1.54, 1.807) is 6.92 Å². The molecule has 0 aliphatic heterocycles. The zero-order chi connectivity index (χ0) is 13.9. The van der Waals surface area contributed by atoms with E-state index in [9.17, 15) is 10.2 Å². The average molecular weight is 246 g/mol. The molecule has 0 aromatic rings. The van der Waals surface area contributed by atoms with Gasteiger partial charge in [-0.2, -0.15) is 0 Å². The van der Waals surface area contributed by atoms with Gasteiger partial charge in [-0.25, -0.2) is 0 Å². The molecule has 17 heavy (non-hydrogen) atoms. The number of hydrogen-bond donors (Lipinski definition) is 4. The maximum atomic E-state index is 10.4. The third-order valence-corrected chi connectivity index (χ3v) is 2.47. The summed E-state index contributed by atoms with van der Waals surface area (Å²) in [5.74, 6) is 0. The van der Waals surface area contributed by atoms with Crippen LogP contribution in [0.1, 0.15) is 54.9 Å². The second-order valence-corrected chi connectivity index (χ2v) is 6.80. The molecule has 104 valence electrons. The Morgan fingerprint density at radius 1 is 1.00 bits per heavy atom. The van der Waals surface area contributed by atoms with E-state index >= 15 is 0 Å². The third kappa shape index (κ3) is 7.71. The van der Waals surface area contributed by atoms with Crippen LogP contribution in [-0.4, -0.2) is 39.7 Å². The number of nitrogens with one attached hydrogen (secondary N) is 2. The molecule has 0 aromatic carbocycles. The van der Waals surface area contributed by atoms with Crippen molar-refractivity contribution in [3.63, 3.8) is 0 Å². The molecule has 0 amide bonds. The Bertz CT molecular complexity index is 236. The van der Waals surface area contributed by atoms with Gasteiger partial charge in [0.1, 0.15) is 5.72 Å². The zero-order valence-electron chi connectivity index (χ0n) is 12.4. The van der Waals surface area contributed by atoms with Gasteiger partial charge in [0.15, 0.2) is 0 Å². The van der Waals surface area contributed by atoms with E-state index in [1.807, 2.05) is 13.8 Å². The number of aliphatic hydroxyl groups is 2. The zero-order valence-corrected chi connectivity index (χ0v) is 12.4. The molecular weight excluding hydrogens is 216 g/mol. The van der Waals surface area contributed by atoms with Gasteiger partial charge in [0.25, 0.3) is 0 Å². The Hall–Kier alpha value is -0.160. The summed E-state index contributed by atoms with van der Waals surface area (Å²) in [5, 5.41) is 26.1. The lowest BCUT2D eigenvalue weighted by Crippen LogP contribution is -2.60. The highest BCUT2D eigenvalue weighted by molar-refractivity contribution is 4.91. The predicted octanol–water partition coefficient (Wildman–Crippen LogP) is 1.22. The highest BCUT2D eigenvalue weighted by Crippen LogP contribution is 2.21. The molecule has 0 saturated carbocycles. The van der Waals surface area contributed by atoms with Crippen LogP contribution in [0.25, 0.3) is 0 Å². The van der Waals surface area contributed by atoms with Gasteiger partial charge in [0, 0.05) is 23.5 Å². The third-order valence-electron chi connectivity index (χ3n) is 2.47. The van der Waals surface area contributed by atoms with Crippen LogP contribution in [0.2, 0.25) is 0 Å². The van der Waals surface area contributed by atoms with Gasteiger partial charge in [0.2, 0.25) is 0 Å². The minimum Gasteiger partial charge on any atom is -0.394 e. The van der Waals surface area contributed by atoms with E-state index in [2.05, 4.69) is 38.3 Å². The number of hydrogen-bond acceptors (Lipinski definition) is 4. The summed E-state index contributed by atoms with van der Waals surface area (Å²) in [6.45, 7) is 13.8. The summed E-state index contributed by atoms with van der Waals surface area (Å²) in [6, 6.07) is 0.367. The molecule has 1 unspecified atom stereocenters. The summed E-state index contributed by atoms with van der Waals surface area (Å²) in [6.07, 6.45) is 0.557. The lowest BCUT2D eigenvalue weighted by Gasteiger charge is -2.40. The first-order valence-electron chi connectivity index (χ1n) is 6.29. The summed E-state index contributed by atoms with van der Waals surface area (Å²) in [5.41, 5.74) is -1.68. The second kappa shape index (κ2) is 5.65. The summed E-state index contributed by atoms with van der Waals surface area (Å²) >= 11 is 0. The van der Waals surface area contributed by atoms with Gasteiger partial charge < -0.3 is 15.5 Å². The second-order valence-electron chi connectivity index (χ2n) is 6.80. The van der Waals surface area contributed by atoms with Crippen molar-refractivity contribution < 1.29 is 10.2 Å². The van der Waals surface area contributed by atoms with Gasteiger partial charge >= 0.3 is 0 Å². The van der Waals surface area contributed by atoms with Crippen LogP contribution in [0.4, 0.5) is 0 Å². The maximum absolute atomic E-state index is 10.4. The first-order chi connectivity index (χ1) is 7.39. The molecule has 4 nitrogen and oxygen atoms in total. The van der Waals surface area contributed by atoms with Crippen LogP contribution >= 0.6 is 0 Å². The molecule has 0 aliphatic rings. The summed E-state index contributed by atoms with van der Waals surface area (Å²) in [7, 11) is 0. The normalized spacial score (nSPS) is 17.3. The maximum Gasteiger partial charge on any atom is 0.115 e. The molecule has 0 saturated heterocycles. The minimum atomic E-state index is -1.02. The molecule has 4 heteroatoms. The number of aliphatic hydroxyl groups excluding tert-OH is 1. The molecule has 0 aromatic heterocycles. The standard InChI is InChI=1S/C13H30N2O2/c1-10(2)14-11(3,4)8-13(7,17)15-12(5,6)9-16/h10,14-17H,8-9H2,1-7H3. The van der Waals surface area contributed by atoms with Crippen molar-refractivity contribution in [1.29, 1.82) is 0 Å².